The van der Waals surface area contributed by atoms with Crippen LogP contribution >= 0.6 is 0 Å². The summed E-state index contributed by atoms with van der Waals surface area (Å²) in [7, 11) is 0. The molecule has 0 bridgehead atoms. The van der Waals surface area contributed by atoms with Gasteiger partial charge in [0.05, 0.1) is 18.8 Å². The van der Waals surface area contributed by atoms with Crippen molar-refractivity contribution < 1.29 is 20.1 Å². The zero-order valence-corrected chi connectivity index (χ0v) is 38.5. The first-order valence-electron chi connectivity index (χ1n) is 25.6. The van der Waals surface area contributed by atoms with Gasteiger partial charge >= 0.3 is 0 Å². The van der Waals surface area contributed by atoms with Gasteiger partial charge < -0.3 is 20.6 Å². The average molecular weight is 804 g/mol. The molecule has 0 aromatic carbocycles. The summed E-state index contributed by atoms with van der Waals surface area (Å²) in [5, 5.41) is 33.6. The van der Waals surface area contributed by atoms with E-state index in [1.54, 1.807) is 0 Å². The Labute approximate surface area is 356 Å². The van der Waals surface area contributed by atoms with Gasteiger partial charge in [-0.05, 0) is 64.2 Å². The highest BCUT2D eigenvalue weighted by atomic mass is 16.3. The molecule has 1 amide bonds. The maximum atomic E-state index is 12.5. The number of rotatable bonds is 47. The highest BCUT2D eigenvalue weighted by molar-refractivity contribution is 5.76. The van der Waals surface area contributed by atoms with Crippen molar-refractivity contribution in [1.29, 1.82) is 0 Å². The Balaban J connectivity index is 3.55. The summed E-state index contributed by atoms with van der Waals surface area (Å²) < 4.78 is 0. The maximum absolute atomic E-state index is 12.5. The lowest BCUT2D eigenvalue weighted by atomic mass is 10.0. The Hall–Kier alpha value is -1.17. The standard InChI is InChI=1S/C52H101NO4/c1-3-5-7-9-11-13-15-17-19-20-21-22-23-24-25-26-27-28-29-30-31-33-35-37-39-41-43-45-47-51(56)53-49(48-54)52(57)50(55)46-44-42-40-38-36-34-32-18-16-14-12-10-8-6-4-2/h24-25,38,40,49-50,52,54-55,57H,3-23,26-37,39,41-48H2,1-2H3,(H,53,56)/b25-24-,40-38+. The molecule has 3 atom stereocenters. The lowest BCUT2D eigenvalue weighted by Gasteiger charge is -2.26. The van der Waals surface area contributed by atoms with Gasteiger partial charge in [-0.25, -0.2) is 0 Å². The van der Waals surface area contributed by atoms with Gasteiger partial charge in [0.1, 0.15) is 6.10 Å². The number of aliphatic hydroxyl groups excluding tert-OH is 3. The van der Waals surface area contributed by atoms with Crippen molar-refractivity contribution in [3.8, 4) is 0 Å². The molecule has 0 fully saturated rings. The first kappa shape index (κ1) is 55.8. The Kier molecular flexibility index (Phi) is 46.5. The number of hydrogen-bond acceptors (Lipinski definition) is 4. The van der Waals surface area contributed by atoms with Gasteiger partial charge in [0.2, 0.25) is 5.91 Å². The van der Waals surface area contributed by atoms with Crippen molar-refractivity contribution in [2.75, 3.05) is 6.61 Å². The topological polar surface area (TPSA) is 89.8 Å². The molecular weight excluding hydrogens is 703 g/mol. The van der Waals surface area contributed by atoms with Gasteiger partial charge in [-0.1, -0.05) is 231 Å². The van der Waals surface area contributed by atoms with Crippen LogP contribution in [-0.4, -0.2) is 46.1 Å². The molecule has 57 heavy (non-hydrogen) atoms. The summed E-state index contributed by atoms with van der Waals surface area (Å²) in [6, 6.07) is -0.824. The zero-order valence-electron chi connectivity index (χ0n) is 38.5. The predicted molar refractivity (Wildman–Crippen MR) is 250 cm³/mol. The van der Waals surface area contributed by atoms with E-state index in [0.717, 1.165) is 38.5 Å². The predicted octanol–water partition coefficient (Wildman–Crippen LogP) is 15.3. The number of aliphatic hydroxyl groups is 3. The van der Waals surface area contributed by atoms with E-state index in [0.29, 0.717) is 12.8 Å². The van der Waals surface area contributed by atoms with Crippen LogP contribution in [0.4, 0.5) is 0 Å². The van der Waals surface area contributed by atoms with E-state index in [-0.39, 0.29) is 12.5 Å². The van der Waals surface area contributed by atoms with Crippen molar-refractivity contribution in [3.63, 3.8) is 0 Å². The van der Waals surface area contributed by atoms with Crippen molar-refractivity contribution >= 4 is 5.91 Å². The summed E-state index contributed by atoms with van der Waals surface area (Å²) in [6.07, 6.45) is 58.9. The van der Waals surface area contributed by atoms with Crippen LogP contribution in [0, 0.1) is 0 Å². The normalized spacial score (nSPS) is 13.6. The summed E-state index contributed by atoms with van der Waals surface area (Å²) in [4.78, 5) is 12.5. The van der Waals surface area contributed by atoms with Gasteiger partial charge in [-0.2, -0.15) is 0 Å². The molecule has 0 aromatic rings. The number of amides is 1. The maximum Gasteiger partial charge on any atom is 0.220 e. The monoisotopic (exact) mass is 804 g/mol. The summed E-state index contributed by atoms with van der Waals surface area (Å²) >= 11 is 0. The van der Waals surface area contributed by atoms with E-state index < -0.39 is 18.2 Å². The molecule has 0 heterocycles. The van der Waals surface area contributed by atoms with E-state index in [4.69, 9.17) is 0 Å². The molecule has 4 N–H and O–H groups in total. The lowest BCUT2D eigenvalue weighted by Crippen LogP contribution is -2.50. The second-order valence-electron chi connectivity index (χ2n) is 17.7. The first-order valence-corrected chi connectivity index (χ1v) is 25.6. The fourth-order valence-electron chi connectivity index (χ4n) is 8.04. The molecule has 0 aliphatic carbocycles. The molecule has 0 aliphatic heterocycles. The van der Waals surface area contributed by atoms with Crippen LogP contribution in [0.15, 0.2) is 24.3 Å². The number of unbranched alkanes of at least 4 members (excludes halogenated alkanes) is 35. The van der Waals surface area contributed by atoms with Crippen molar-refractivity contribution in [3.05, 3.63) is 24.3 Å². The average Bonchev–Trinajstić information content (AvgIpc) is 3.22. The van der Waals surface area contributed by atoms with Crippen LogP contribution in [0.5, 0.6) is 0 Å². The molecule has 338 valence electrons. The fraction of sp³-hybridized carbons (Fsp3) is 0.904. The minimum atomic E-state index is -1.16. The van der Waals surface area contributed by atoms with Gasteiger partial charge in [0.25, 0.3) is 0 Å². The van der Waals surface area contributed by atoms with E-state index in [1.807, 2.05) is 0 Å². The highest BCUT2D eigenvalue weighted by Crippen LogP contribution is 2.16. The first-order chi connectivity index (χ1) is 28.1. The molecule has 0 rings (SSSR count). The SMILES string of the molecule is CCCCCCCCCCCC/C=C/CCCC(O)C(O)C(CO)NC(=O)CCCCCCCCCCCCCC/C=C\CCCCCCCCCCCCCC. The molecule has 0 spiro atoms. The number of nitrogens with one attached hydrogen (secondary N) is 1. The Morgan fingerprint density at radius 3 is 1.02 bits per heavy atom. The number of carbonyl (C=O) groups is 1. The third-order valence-electron chi connectivity index (χ3n) is 12.0. The molecule has 0 saturated carbocycles. The molecule has 0 aromatic heterocycles. The molecule has 5 heteroatoms. The van der Waals surface area contributed by atoms with Crippen LogP contribution < -0.4 is 5.32 Å². The fourth-order valence-corrected chi connectivity index (χ4v) is 8.04. The van der Waals surface area contributed by atoms with Crippen LogP contribution in [0.3, 0.4) is 0 Å². The zero-order chi connectivity index (χ0) is 41.5. The number of carbonyl (C=O) groups excluding carboxylic acids is 1. The Morgan fingerprint density at radius 2 is 0.702 bits per heavy atom. The van der Waals surface area contributed by atoms with Gasteiger partial charge in [0.15, 0.2) is 0 Å². The third kappa shape index (κ3) is 42.8. The summed E-state index contributed by atoms with van der Waals surface area (Å²) in [5.41, 5.74) is 0. The quantitative estimate of drug-likeness (QED) is 0.0364. The van der Waals surface area contributed by atoms with Gasteiger partial charge in [-0.15, -0.1) is 0 Å². The molecule has 0 radical (unpaired) electrons. The highest BCUT2D eigenvalue weighted by Gasteiger charge is 2.26. The summed E-state index contributed by atoms with van der Waals surface area (Å²) in [6.45, 7) is 4.19. The number of hydrogen-bond donors (Lipinski definition) is 4. The molecule has 0 aliphatic rings. The van der Waals surface area contributed by atoms with E-state index in [1.165, 1.54) is 212 Å². The van der Waals surface area contributed by atoms with Crippen LogP contribution in [0.2, 0.25) is 0 Å². The number of allylic oxidation sites excluding steroid dienone is 4. The smallest absolute Gasteiger partial charge is 0.220 e. The minimum absolute atomic E-state index is 0.152. The van der Waals surface area contributed by atoms with Crippen LogP contribution in [0.1, 0.15) is 277 Å². The van der Waals surface area contributed by atoms with Crippen LogP contribution in [-0.2, 0) is 4.79 Å². The molecule has 0 saturated heterocycles. The second-order valence-corrected chi connectivity index (χ2v) is 17.7. The van der Waals surface area contributed by atoms with Gasteiger partial charge in [-0.3, -0.25) is 4.79 Å². The third-order valence-corrected chi connectivity index (χ3v) is 12.0. The molecule has 3 unspecified atom stereocenters. The minimum Gasteiger partial charge on any atom is -0.394 e. The van der Waals surface area contributed by atoms with E-state index in [2.05, 4.69) is 43.5 Å². The second kappa shape index (κ2) is 47.5. The summed E-state index contributed by atoms with van der Waals surface area (Å²) in [5.74, 6) is -0.152. The Bertz CT molecular complexity index is 844. The van der Waals surface area contributed by atoms with E-state index in [9.17, 15) is 20.1 Å². The van der Waals surface area contributed by atoms with Crippen LogP contribution in [0.25, 0.3) is 0 Å². The van der Waals surface area contributed by atoms with Gasteiger partial charge in [0, 0.05) is 6.42 Å². The van der Waals surface area contributed by atoms with Crippen molar-refractivity contribution in [1.82, 2.24) is 5.32 Å². The van der Waals surface area contributed by atoms with Crippen molar-refractivity contribution in [2.45, 2.75) is 295 Å². The Morgan fingerprint density at radius 1 is 0.421 bits per heavy atom. The molecular formula is C52H101NO4. The largest absolute Gasteiger partial charge is 0.394 e. The molecule has 5 nitrogen and oxygen atoms in total. The lowest BCUT2D eigenvalue weighted by molar-refractivity contribution is -0.124. The van der Waals surface area contributed by atoms with E-state index >= 15 is 0 Å². The van der Waals surface area contributed by atoms with Crippen molar-refractivity contribution in [2.24, 2.45) is 0 Å².